The van der Waals surface area contributed by atoms with E-state index in [0.29, 0.717) is 33.8 Å². The standard InChI is InChI=1S/C22H19FN4O2/c23-16-9-6-14(7-10-16)20-25-26-21(29-20)15-8-11-17-18(13-15)24-19-5-3-1-2-4-12-27(19)22(17)28/h6-11,13H,1-5,12H2. The van der Waals surface area contributed by atoms with Crippen molar-refractivity contribution < 1.29 is 8.81 Å². The zero-order valence-corrected chi connectivity index (χ0v) is 15.8. The van der Waals surface area contributed by atoms with Gasteiger partial charge < -0.3 is 4.42 Å². The number of aromatic nitrogens is 4. The van der Waals surface area contributed by atoms with E-state index in [2.05, 4.69) is 10.2 Å². The largest absolute Gasteiger partial charge is 0.416 e. The lowest BCUT2D eigenvalue weighted by atomic mass is 10.1. The van der Waals surface area contributed by atoms with Crippen molar-refractivity contribution in [3.8, 4) is 22.9 Å². The monoisotopic (exact) mass is 390 g/mol. The van der Waals surface area contributed by atoms with Gasteiger partial charge in [-0.05, 0) is 55.3 Å². The molecule has 0 atom stereocenters. The zero-order valence-electron chi connectivity index (χ0n) is 15.8. The summed E-state index contributed by atoms with van der Waals surface area (Å²) in [6, 6.07) is 11.3. The number of benzene rings is 2. The molecular weight excluding hydrogens is 371 g/mol. The Bertz CT molecular complexity index is 1240. The molecular formula is C22H19FN4O2. The fourth-order valence-corrected chi connectivity index (χ4v) is 3.78. The molecule has 1 aliphatic heterocycles. The summed E-state index contributed by atoms with van der Waals surface area (Å²) in [7, 11) is 0. The Hall–Kier alpha value is -3.35. The second-order valence-electron chi connectivity index (χ2n) is 7.30. The minimum absolute atomic E-state index is 0.0102. The SMILES string of the molecule is O=c1c2ccc(-c3nnc(-c4ccc(F)cc4)o3)cc2nc2n1CCCCCC2. The summed E-state index contributed by atoms with van der Waals surface area (Å²) in [6.45, 7) is 0.726. The Morgan fingerprint density at radius 1 is 0.897 bits per heavy atom. The zero-order chi connectivity index (χ0) is 19.8. The highest BCUT2D eigenvalue weighted by molar-refractivity contribution is 5.82. The van der Waals surface area contributed by atoms with Crippen LogP contribution in [0.4, 0.5) is 4.39 Å². The Morgan fingerprint density at radius 3 is 2.45 bits per heavy atom. The topological polar surface area (TPSA) is 73.8 Å². The Morgan fingerprint density at radius 2 is 1.62 bits per heavy atom. The molecule has 0 saturated carbocycles. The second-order valence-corrected chi connectivity index (χ2v) is 7.30. The molecule has 2 aromatic heterocycles. The number of halogens is 1. The molecule has 146 valence electrons. The molecule has 29 heavy (non-hydrogen) atoms. The van der Waals surface area contributed by atoms with Crippen molar-refractivity contribution in [3.63, 3.8) is 0 Å². The molecule has 1 aliphatic rings. The first-order valence-electron chi connectivity index (χ1n) is 9.82. The van der Waals surface area contributed by atoms with Crippen molar-refractivity contribution in [2.75, 3.05) is 0 Å². The summed E-state index contributed by atoms with van der Waals surface area (Å²) in [5.74, 6) is 1.17. The molecule has 0 bridgehead atoms. The van der Waals surface area contributed by atoms with Crippen molar-refractivity contribution in [1.82, 2.24) is 19.7 Å². The number of hydrogen-bond acceptors (Lipinski definition) is 5. The van der Waals surface area contributed by atoms with Crippen LogP contribution in [0.15, 0.2) is 51.7 Å². The molecule has 6 nitrogen and oxygen atoms in total. The van der Waals surface area contributed by atoms with Gasteiger partial charge in [0.05, 0.1) is 10.9 Å². The summed E-state index contributed by atoms with van der Waals surface area (Å²) >= 11 is 0. The van der Waals surface area contributed by atoms with Gasteiger partial charge in [-0.1, -0.05) is 12.8 Å². The quantitative estimate of drug-likeness (QED) is 0.508. The van der Waals surface area contributed by atoms with Crippen LogP contribution < -0.4 is 5.56 Å². The highest BCUT2D eigenvalue weighted by Gasteiger charge is 2.16. The highest BCUT2D eigenvalue weighted by Crippen LogP contribution is 2.26. The van der Waals surface area contributed by atoms with Crippen LogP contribution in [-0.4, -0.2) is 19.7 Å². The molecule has 2 aromatic carbocycles. The molecule has 0 saturated heterocycles. The lowest BCUT2D eigenvalue weighted by molar-refractivity contribution is 0.500. The van der Waals surface area contributed by atoms with Gasteiger partial charge in [-0.15, -0.1) is 10.2 Å². The van der Waals surface area contributed by atoms with Gasteiger partial charge in [0.15, 0.2) is 0 Å². The first-order chi connectivity index (χ1) is 14.2. The molecule has 0 aliphatic carbocycles. The van der Waals surface area contributed by atoms with Gasteiger partial charge in [-0.3, -0.25) is 9.36 Å². The summed E-state index contributed by atoms with van der Waals surface area (Å²) in [5.41, 5.74) is 1.99. The molecule has 0 amide bonds. The maximum Gasteiger partial charge on any atom is 0.261 e. The molecule has 7 heteroatoms. The summed E-state index contributed by atoms with van der Waals surface area (Å²) < 4.78 is 20.7. The fourth-order valence-electron chi connectivity index (χ4n) is 3.78. The number of rotatable bonds is 2. The van der Waals surface area contributed by atoms with Crippen LogP contribution in [0.2, 0.25) is 0 Å². The summed E-state index contributed by atoms with van der Waals surface area (Å²) in [6.07, 6.45) is 5.18. The van der Waals surface area contributed by atoms with Crippen LogP contribution in [0.25, 0.3) is 33.8 Å². The second kappa shape index (κ2) is 7.24. The van der Waals surface area contributed by atoms with E-state index in [1.54, 1.807) is 24.3 Å². The van der Waals surface area contributed by atoms with Crippen LogP contribution >= 0.6 is 0 Å². The molecule has 0 N–H and O–H groups in total. The Kier molecular flexibility index (Phi) is 4.42. The number of fused-ring (bicyclic) bond motifs is 2. The average Bonchev–Trinajstić information content (AvgIpc) is 3.20. The third kappa shape index (κ3) is 3.33. The van der Waals surface area contributed by atoms with E-state index in [-0.39, 0.29) is 11.4 Å². The van der Waals surface area contributed by atoms with Gasteiger partial charge in [0, 0.05) is 24.1 Å². The van der Waals surface area contributed by atoms with Gasteiger partial charge in [0.2, 0.25) is 11.8 Å². The van der Waals surface area contributed by atoms with Crippen LogP contribution in [0, 0.1) is 5.82 Å². The minimum atomic E-state index is -0.324. The molecule has 0 fully saturated rings. The molecule has 0 spiro atoms. The molecule has 3 heterocycles. The van der Waals surface area contributed by atoms with E-state index in [9.17, 15) is 9.18 Å². The first-order valence-corrected chi connectivity index (χ1v) is 9.82. The van der Waals surface area contributed by atoms with Gasteiger partial charge in [0.25, 0.3) is 5.56 Å². The maximum atomic E-state index is 13.1. The summed E-state index contributed by atoms with van der Waals surface area (Å²) in [5, 5.41) is 8.76. The lowest BCUT2D eigenvalue weighted by Crippen LogP contribution is -2.26. The molecule has 0 unspecified atom stereocenters. The van der Waals surface area contributed by atoms with Crippen molar-refractivity contribution in [2.24, 2.45) is 0 Å². The Labute approximate surface area is 166 Å². The van der Waals surface area contributed by atoms with Crippen LogP contribution in [0.1, 0.15) is 31.5 Å². The van der Waals surface area contributed by atoms with Gasteiger partial charge in [-0.2, -0.15) is 0 Å². The number of aryl methyl sites for hydroxylation is 1. The van der Waals surface area contributed by atoms with E-state index in [4.69, 9.17) is 9.40 Å². The normalized spacial score (nSPS) is 14.4. The van der Waals surface area contributed by atoms with Crippen molar-refractivity contribution >= 4 is 10.9 Å². The van der Waals surface area contributed by atoms with Crippen LogP contribution in [-0.2, 0) is 13.0 Å². The van der Waals surface area contributed by atoms with E-state index in [0.717, 1.165) is 38.1 Å². The lowest BCUT2D eigenvalue weighted by Gasteiger charge is -2.16. The van der Waals surface area contributed by atoms with Gasteiger partial charge >= 0.3 is 0 Å². The smallest absolute Gasteiger partial charge is 0.261 e. The van der Waals surface area contributed by atoms with E-state index in [1.165, 1.54) is 18.6 Å². The van der Waals surface area contributed by atoms with Crippen molar-refractivity contribution in [1.29, 1.82) is 0 Å². The summed E-state index contributed by atoms with van der Waals surface area (Å²) in [4.78, 5) is 17.7. The fraction of sp³-hybridized carbons (Fsp3) is 0.273. The maximum absolute atomic E-state index is 13.1. The molecule has 5 rings (SSSR count). The third-order valence-corrected chi connectivity index (χ3v) is 5.33. The highest BCUT2D eigenvalue weighted by atomic mass is 19.1. The van der Waals surface area contributed by atoms with Gasteiger partial charge in [-0.25, -0.2) is 9.37 Å². The van der Waals surface area contributed by atoms with Crippen LogP contribution in [0.5, 0.6) is 0 Å². The predicted molar refractivity (Wildman–Crippen MR) is 107 cm³/mol. The first kappa shape index (κ1) is 17.7. The van der Waals surface area contributed by atoms with Crippen LogP contribution in [0.3, 0.4) is 0 Å². The predicted octanol–water partition coefficient (Wildman–Crippen LogP) is 4.37. The van der Waals surface area contributed by atoms with E-state index >= 15 is 0 Å². The van der Waals surface area contributed by atoms with Gasteiger partial charge in [0.1, 0.15) is 11.6 Å². The number of nitrogens with zero attached hydrogens (tertiary/aromatic N) is 4. The average molecular weight is 390 g/mol. The minimum Gasteiger partial charge on any atom is -0.416 e. The van der Waals surface area contributed by atoms with E-state index < -0.39 is 0 Å². The van der Waals surface area contributed by atoms with Crippen molar-refractivity contribution in [3.05, 3.63) is 64.5 Å². The number of hydrogen-bond donors (Lipinski definition) is 0. The van der Waals surface area contributed by atoms with Crippen molar-refractivity contribution in [2.45, 2.75) is 38.6 Å². The molecule has 4 aromatic rings. The third-order valence-electron chi connectivity index (χ3n) is 5.33. The van der Waals surface area contributed by atoms with E-state index in [1.807, 2.05) is 10.6 Å². The molecule has 0 radical (unpaired) electrons. The Balaban J connectivity index is 1.55.